The predicted octanol–water partition coefficient (Wildman–Crippen LogP) is -1.35. The normalized spacial score (nSPS) is 16.5. The predicted molar refractivity (Wildman–Crippen MR) is 42.6 cm³/mol. The number of hydrogen-bond donors (Lipinski definition) is 3. The second-order valence-corrected chi connectivity index (χ2v) is 3.84. The Kier molecular flexibility index (Phi) is 4.27. The van der Waals surface area contributed by atoms with Crippen LogP contribution in [0.4, 0.5) is 0 Å². The average Bonchev–Trinajstić information content (AvgIpc) is 1.97. The first-order valence-electron chi connectivity index (χ1n) is 3.29. The lowest BCUT2D eigenvalue weighted by Crippen LogP contribution is -2.42. The largest absolute Gasteiger partial charge is 0.480 e. The van der Waals surface area contributed by atoms with Crippen molar-refractivity contribution in [2.45, 2.75) is 19.1 Å². The maximum absolute atomic E-state index is 10.2. The van der Waals surface area contributed by atoms with E-state index in [9.17, 15) is 13.2 Å². The Morgan fingerprint density at radius 2 is 2.08 bits per heavy atom. The van der Waals surface area contributed by atoms with Crippen LogP contribution < -0.4 is 5.73 Å². The van der Waals surface area contributed by atoms with Crippen LogP contribution in [0, 0.1) is 0 Å². The first kappa shape index (κ1) is 12.3. The zero-order chi connectivity index (χ0) is 10.6. The van der Waals surface area contributed by atoms with Gasteiger partial charge in [-0.25, -0.2) is 0 Å². The third-order valence-corrected chi connectivity index (χ3v) is 1.70. The Bertz CT molecular complexity index is 273. The van der Waals surface area contributed by atoms with Crippen molar-refractivity contribution < 1.29 is 27.6 Å². The fraction of sp³-hybridized carbons (Fsp3) is 0.800. The SMILES string of the molecule is C[C@@H](OCS(=O)(=O)O)[C@H](N)C(=O)O. The van der Waals surface area contributed by atoms with Crippen LogP contribution in [0.25, 0.3) is 0 Å². The first-order chi connectivity index (χ1) is 5.74. The number of rotatable bonds is 5. The number of carbonyl (C=O) groups is 1. The van der Waals surface area contributed by atoms with Crippen LogP contribution in [0.15, 0.2) is 0 Å². The van der Waals surface area contributed by atoms with E-state index in [1.807, 2.05) is 0 Å². The van der Waals surface area contributed by atoms with E-state index in [2.05, 4.69) is 4.74 Å². The molecule has 4 N–H and O–H groups in total. The van der Waals surface area contributed by atoms with Crippen molar-refractivity contribution in [2.75, 3.05) is 5.94 Å². The molecule has 0 rings (SSSR count). The van der Waals surface area contributed by atoms with Gasteiger partial charge >= 0.3 is 5.97 Å². The number of ether oxygens (including phenoxy) is 1. The van der Waals surface area contributed by atoms with Gasteiger partial charge in [-0.05, 0) is 6.92 Å². The third-order valence-electron chi connectivity index (χ3n) is 1.27. The molecular formula is C5H11NO6S. The van der Waals surface area contributed by atoms with Crippen LogP contribution in [0.1, 0.15) is 6.92 Å². The molecule has 0 aliphatic rings. The summed E-state index contributed by atoms with van der Waals surface area (Å²) in [6.45, 7) is 1.30. The highest BCUT2D eigenvalue weighted by Crippen LogP contribution is 1.98. The lowest BCUT2D eigenvalue weighted by molar-refractivity contribution is -0.141. The van der Waals surface area contributed by atoms with Crippen molar-refractivity contribution >= 4 is 16.1 Å². The molecule has 0 heterocycles. The fourth-order valence-corrected chi connectivity index (χ4v) is 0.884. The molecule has 7 nitrogen and oxygen atoms in total. The van der Waals surface area contributed by atoms with Crippen LogP contribution in [0.3, 0.4) is 0 Å². The molecule has 0 saturated carbocycles. The molecule has 0 aromatic carbocycles. The lowest BCUT2D eigenvalue weighted by atomic mass is 10.2. The van der Waals surface area contributed by atoms with Gasteiger partial charge in [0.05, 0.1) is 6.10 Å². The van der Waals surface area contributed by atoms with Gasteiger partial charge in [0.2, 0.25) is 0 Å². The molecule has 0 spiro atoms. The summed E-state index contributed by atoms with van der Waals surface area (Å²) in [5, 5.41) is 8.36. The second kappa shape index (κ2) is 4.51. The summed E-state index contributed by atoms with van der Waals surface area (Å²) < 4.78 is 33.1. The van der Waals surface area contributed by atoms with Gasteiger partial charge in [0.25, 0.3) is 10.1 Å². The van der Waals surface area contributed by atoms with Crippen LogP contribution in [-0.2, 0) is 19.6 Å². The number of nitrogens with two attached hydrogens (primary N) is 1. The summed E-state index contributed by atoms with van der Waals surface area (Å²) in [6.07, 6.45) is -0.987. The van der Waals surface area contributed by atoms with Crippen LogP contribution in [-0.4, -0.2) is 42.1 Å². The van der Waals surface area contributed by atoms with Gasteiger partial charge in [-0.1, -0.05) is 0 Å². The van der Waals surface area contributed by atoms with Crippen molar-refractivity contribution in [1.82, 2.24) is 0 Å². The Labute approximate surface area is 75.2 Å². The summed E-state index contributed by atoms with van der Waals surface area (Å²) >= 11 is 0. The summed E-state index contributed by atoms with van der Waals surface area (Å²) in [5.74, 6) is -2.27. The minimum atomic E-state index is -4.25. The van der Waals surface area contributed by atoms with Crippen LogP contribution in [0.5, 0.6) is 0 Å². The van der Waals surface area contributed by atoms with Gasteiger partial charge in [0, 0.05) is 0 Å². The van der Waals surface area contributed by atoms with Gasteiger partial charge in [0.1, 0.15) is 6.04 Å². The fourth-order valence-electron chi connectivity index (χ4n) is 0.498. The van der Waals surface area contributed by atoms with Crippen molar-refractivity contribution in [3.63, 3.8) is 0 Å². The van der Waals surface area contributed by atoms with Crippen molar-refractivity contribution in [2.24, 2.45) is 5.73 Å². The summed E-state index contributed by atoms with van der Waals surface area (Å²) in [6, 6.07) is -1.32. The molecule has 0 aromatic heterocycles. The molecule has 0 amide bonds. The Hall–Kier alpha value is -0.700. The van der Waals surface area contributed by atoms with E-state index in [1.165, 1.54) is 6.92 Å². The molecule has 78 valence electrons. The molecular weight excluding hydrogens is 202 g/mol. The van der Waals surface area contributed by atoms with Crippen LogP contribution in [0.2, 0.25) is 0 Å². The smallest absolute Gasteiger partial charge is 0.323 e. The molecule has 0 bridgehead atoms. The highest BCUT2D eigenvalue weighted by Gasteiger charge is 2.22. The number of carboxylic acid groups (broad SMARTS) is 1. The summed E-state index contributed by atoms with van der Waals surface area (Å²) in [5.41, 5.74) is 5.09. The molecule has 0 radical (unpaired) electrons. The minimum Gasteiger partial charge on any atom is -0.480 e. The van der Waals surface area contributed by atoms with Crippen molar-refractivity contribution in [1.29, 1.82) is 0 Å². The molecule has 8 heteroatoms. The maximum Gasteiger partial charge on any atom is 0.323 e. The zero-order valence-electron chi connectivity index (χ0n) is 6.87. The monoisotopic (exact) mass is 213 g/mol. The van der Waals surface area contributed by atoms with Crippen molar-refractivity contribution in [3.8, 4) is 0 Å². The quantitative estimate of drug-likeness (QED) is 0.481. The number of carboxylic acids is 1. The highest BCUT2D eigenvalue weighted by atomic mass is 32.2. The van der Waals surface area contributed by atoms with E-state index in [4.69, 9.17) is 15.4 Å². The average molecular weight is 213 g/mol. The highest BCUT2D eigenvalue weighted by molar-refractivity contribution is 7.85. The van der Waals surface area contributed by atoms with Gasteiger partial charge in [-0.3, -0.25) is 9.35 Å². The van der Waals surface area contributed by atoms with Gasteiger partial charge in [-0.2, -0.15) is 8.42 Å². The molecule has 0 fully saturated rings. The van der Waals surface area contributed by atoms with E-state index in [-0.39, 0.29) is 0 Å². The maximum atomic E-state index is 10.2. The van der Waals surface area contributed by atoms with E-state index in [1.54, 1.807) is 0 Å². The Balaban J connectivity index is 4.02. The van der Waals surface area contributed by atoms with Crippen LogP contribution >= 0.6 is 0 Å². The van der Waals surface area contributed by atoms with E-state index >= 15 is 0 Å². The molecule has 13 heavy (non-hydrogen) atoms. The minimum absolute atomic E-state index is 0.963. The molecule has 0 saturated heterocycles. The lowest BCUT2D eigenvalue weighted by Gasteiger charge is -2.15. The van der Waals surface area contributed by atoms with Gasteiger partial charge < -0.3 is 15.6 Å². The summed E-state index contributed by atoms with van der Waals surface area (Å²) in [4.78, 5) is 10.2. The molecule has 0 aromatic rings. The molecule has 0 aliphatic heterocycles. The topological polar surface area (TPSA) is 127 Å². The second-order valence-electron chi connectivity index (χ2n) is 2.44. The Morgan fingerprint density at radius 1 is 1.62 bits per heavy atom. The van der Waals surface area contributed by atoms with E-state index in [0.29, 0.717) is 0 Å². The molecule has 2 atom stereocenters. The first-order valence-corrected chi connectivity index (χ1v) is 4.90. The zero-order valence-corrected chi connectivity index (χ0v) is 7.69. The standard InChI is InChI=1S/C5H11NO6S/c1-3(4(6)5(7)8)12-2-13(9,10)11/h3-4H,2,6H2,1H3,(H,7,8)(H,9,10,11)/t3-,4+/m1/s1. The van der Waals surface area contributed by atoms with Gasteiger partial charge in [-0.15, -0.1) is 0 Å². The van der Waals surface area contributed by atoms with Crippen molar-refractivity contribution in [3.05, 3.63) is 0 Å². The Morgan fingerprint density at radius 3 is 2.38 bits per heavy atom. The molecule has 0 unspecified atom stereocenters. The molecule has 0 aliphatic carbocycles. The number of aliphatic carboxylic acids is 1. The van der Waals surface area contributed by atoms with E-state index in [0.717, 1.165) is 0 Å². The third kappa shape index (κ3) is 5.53. The van der Waals surface area contributed by atoms with Gasteiger partial charge in [0.15, 0.2) is 5.94 Å². The number of hydrogen-bond acceptors (Lipinski definition) is 5. The summed E-state index contributed by atoms with van der Waals surface area (Å²) in [7, 11) is -4.25. The van der Waals surface area contributed by atoms with E-state index < -0.39 is 34.2 Å².